The molecule has 7 nitrogen and oxygen atoms in total. The van der Waals surface area contributed by atoms with Crippen LogP contribution in [0.4, 0.5) is 8.78 Å². The zero-order valence-electron chi connectivity index (χ0n) is 18.0. The number of aliphatic imine (C=N–C) groups is 1. The lowest BCUT2D eigenvalue weighted by Crippen LogP contribution is -2.36. The minimum Gasteiger partial charge on any atom is -0.491 e. The van der Waals surface area contributed by atoms with Crippen LogP contribution in [0.15, 0.2) is 47.5 Å². The maximum absolute atomic E-state index is 12.9. The second kappa shape index (κ2) is 13.3. The number of nitrogens with one attached hydrogen (secondary N) is 2. The molecular formula is C22H29F2N3O4. The predicted molar refractivity (Wildman–Crippen MR) is 115 cm³/mol. The van der Waals surface area contributed by atoms with Gasteiger partial charge in [0, 0.05) is 32.8 Å². The molecule has 0 radical (unpaired) electrons. The highest BCUT2D eigenvalue weighted by Gasteiger charge is 2.16. The lowest BCUT2D eigenvalue weighted by atomic mass is 10.2. The molecule has 0 atom stereocenters. The summed E-state index contributed by atoms with van der Waals surface area (Å²) < 4.78 is 46.3. The van der Waals surface area contributed by atoms with Crippen molar-refractivity contribution in [1.29, 1.82) is 0 Å². The smallest absolute Gasteiger partial charge is 0.387 e. The number of nitrogens with zero attached hydrogens (tertiary/aromatic N) is 1. The number of hydrogen-bond acceptors (Lipinski definition) is 5. The number of benzene rings is 2. The van der Waals surface area contributed by atoms with Gasteiger partial charge in [-0.15, -0.1) is 0 Å². The van der Waals surface area contributed by atoms with Crippen LogP contribution in [-0.4, -0.2) is 46.5 Å². The highest BCUT2D eigenvalue weighted by atomic mass is 19.3. The van der Waals surface area contributed by atoms with Gasteiger partial charge in [-0.3, -0.25) is 4.99 Å². The Bertz CT molecular complexity index is 817. The summed E-state index contributed by atoms with van der Waals surface area (Å²) in [5, 5.41) is 6.29. The third kappa shape index (κ3) is 8.29. The molecule has 0 saturated carbocycles. The Kier molecular flexibility index (Phi) is 10.4. The van der Waals surface area contributed by atoms with Crippen molar-refractivity contribution in [2.75, 3.05) is 34.0 Å². The van der Waals surface area contributed by atoms with Crippen molar-refractivity contribution >= 4 is 5.96 Å². The summed E-state index contributed by atoms with van der Waals surface area (Å²) in [6.07, 6.45) is 0. The first-order valence-corrected chi connectivity index (χ1v) is 9.92. The summed E-state index contributed by atoms with van der Waals surface area (Å²) >= 11 is 0. The summed E-state index contributed by atoms with van der Waals surface area (Å²) in [6.45, 7) is 0.956. The molecule has 31 heavy (non-hydrogen) atoms. The van der Waals surface area contributed by atoms with Crippen molar-refractivity contribution in [2.24, 2.45) is 4.99 Å². The van der Waals surface area contributed by atoms with Gasteiger partial charge in [-0.25, -0.2) is 0 Å². The maximum Gasteiger partial charge on any atom is 0.387 e. The standard InChI is InChI=1S/C22H29F2N3O4/c1-4-29-19-7-5-6-17(20(19)31-21(23)24)15-27-22(25-2)26-14-16-8-10-18(11-9-16)30-13-12-28-3/h5-11,21H,4,12-15H2,1-3H3,(H2,25,26,27). The van der Waals surface area contributed by atoms with Crippen LogP contribution in [0, 0.1) is 0 Å². The summed E-state index contributed by atoms with van der Waals surface area (Å²) in [6, 6.07) is 12.7. The average molecular weight is 437 g/mol. The van der Waals surface area contributed by atoms with Crippen LogP contribution in [0.2, 0.25) is 0 Å². The van der Waals surface area contributed by atoms with E-state index in [1.807, 2.05) is 24.3 Å². The van der Waals surface area contributed by atoms with Crippen LogP contribution in [0.25, 0.3) is 0 Å². The first kappa shape index (κ1) is 24.2. The van der Waals surface area contributed by atoms with E-state index in [4.69, 9.17) is 18.9 Å². The van der Waals surface area contributed by atoms with Gasteiger partial charge >= 0.3 is 6.61 Å². The highest BCUT2D eigenvalue weighted by Crippen LogP contribution is 2.32. The van der Waals surface area contributed by atoms with E-state index in [0.717, 1.165) is 11.3 Å². The number of guanidine groups is 1. The lowest BCUT2D eigenvalue weighted by molar-refractivity contribution is -0.0520. The van der Waals surface area contributed by atoms with Crippen molar-refractivity contribution in [3.63, 3.8) is 0 Å². The van der Waals surface area contributed by atoms with Gasteiger partial charge in [-0.2, -0.15) is 8.78 Å². The Hall–Kier alpha value is -3.07. The molecule has 0 amide bonds. The third-order valence-electron chi connectivity index (χ3n) is 4.18. The molecule has 0 spiro atoms. The molecule has 2 aromatic rings. The van der Waals surface area contributed by atoms with E-state index in [1.54, 1.807) is 39.3 Å². The van der Waals surface area contributed by atoms with E-state index in [9.17, 15) is 8.78 Å². The van der Waals surface area contributed by atoms with Gasteiger partial charge in [0.25, 0.3) is 0 Å². The Morgan fingerprint density at radius 3 is 2.39 bits per heavy atom. The molecule has 0 aliphatic carbocycles. The SMILES string of the molecule is CCOc1cccc(CNC(=NC)NCc2ccc(OCCOC)cc2)c1OC(F)F. The van der Waals surface area contributed by atoms with Gasteiger partial charge in [0.15, 0.2) is 17.5 Å². The number of rotatable bonds is 12. The predicted octanol–water partition coefficient (Wildman–Crippen LogP) is 3.58. The molecule has 0 unspecified atom stereocenters. The fraction of sp³-hybridized carbons (Fsp3) is 0.409. The number of alkyl halides is 2. The van der Waals surface area contributed by atoms with E-state index in [2.05, 4.69) is 15.6 Å². The fourth-order valence-electron chi connectivity index (χ4n) is 2.72. The van der Waals surface area contributed by atoms with Crippen LogP contribution in [-0.2, 0) is 17.8 Å². The van der Waals surface area contributed by atoms with E-state index in [0.29, 0.717) is 37.9 Å². The lowest BCUT2D eigenvalue weighted by Gasteiger charge is -2.17. The van der Waals surface area contributed by atoms with E-state index in [1.165, 1.54) is 0 Å². The molecule has 2 N–H and O–H groups in total. The van der Waals surface area contributed by atoms with Crippen molar-refractivity contribution in [1.82, 2.24) is 10.6 Å². The number of hydrogen-bond donors (Lipinski definition) is 2. The maximum atomic E-state index is 12.9. The molecule has 0 saturated heterocycles. The molecule has 0 heterocycles. The monoisotopic (exact) mass is 437 g/mol. The zero-order valence-corrected chi connectivity index (χ0v) is 18.0. The quantitative estimate of drug-likeness (QED) is 0.300. The van der Waals surface area contributed by atoms with Gasteiger partial charge in [-0.1, -0.05) is 24.3 Å². The molecule has 2 rings (SSSR count). The topological polar surface area (TPSA) is 73.3 Å². The second-order valence-electron chi connectivity index (χ2n) is 6.32. The Morgan fingerprint density at radius 1 is 1.00 bits per heavy atom. The molecule has 0 aliphatic rings. The Balaban J connectivity index is 1.93. The molecule has 2 aromatic carbocycles. The van der Waals surface area contributed by atoms with E-state index >= 15 is 0 Å². The number of methoxy groups -OCH3 is 1. The highest BCUT2D eigenvalue weighted by molar-refractivity contribution is 5.79. The summed E-state index contributed by atoms with van der Waals surface area (Å²) in [5.74, 6) is 1.58. The first-order chi connectivity index (χ1) is 15.1. The Labute approximate surface area is 181 Å². The van der Waals surface area contributed by atoms with Crippen LogP contribution in [0.5, 0.6) is 17.2 Å². The van der Waals surface area contributed by atoms with Crippen molar-refractivity contribution in [3.8, 4) is 17.2 Å². The molecule has 9 heteroatoms. The van der Waals surface area contributed by atoms with Gasteiger partial charge in [0.05, 0.1) is 13.2 Å². The Morgan fingerprint density at radius 2 is 1.74 bits per heavy atom. The van der Waals surface area contributed by atoms with Crippen molar-refractivity contribution in [2.45, 2.75) is 26.6 Å². The molecule has 0 aliphatic heterocycles. The summed E-state index contributed by atoms with van der Waals surface area (Å²) in [7, 11) is 3.26. The largest absolute Gasteiger partial charge is 0.491 e. The minimum absolute atomic E-state index is 0.0198. The molecular weight excluding hydrogens is 408 g/mol. The number of halogens is 2. The number of ether oxygens (including phenoxy) is 4. The van der Waals surface area contributed by atoms with E-state index in [-0.39, 0.29) is 18.0 Å². The number of para-hydroxylation sites is 1. The third-order valence-corrected chi connectivity index (χ3v) is 4.18. The second-order valence-corrected chi connectivity index (χ2v) is 6.32. The van der Waals surface area contributed by atoms with Crippen LogP contribution in [0.3, 0.4) is 0 Å². The minimum atomic E-state index is -2.95. The molecule has 170 valence electrons. The first-order valence-electron chi connectivity index (χ1n) is 9.92. The molecule has 0 fully saturated rings. The van der Waals surface area contributed by atoms with Gasteiger partial charge < -0.3 is 29.6 Å². The van der Waals surface area contributed by atoms with Gasteiger partial charge in [0.1, 0.15) is 12.4 Å². The van der Waals surface area contributed by atoms with Crippen molar-refractivity contribution < 1.29 is 27.7 Å². The molecule has 0 aromatic heterocycles. The summed E-state index contributed by atoms with van der Waals surface area (Å²) in [4.78, 5) is 4.17. The van der Waals surface area contributed by atoms with Crippen molar-refractivity contribution in [3.05, 3.63) is 53.6 Å². The molecule has 0 bridgehead atoms. The van der Waals surface area contributed by atoms with Gasteiger partial charge in [0.2, 0.25) is 0 Å². The fourth-order valence-corrected chi connectivity index (χ4v) is 2.72. The average Bonchev–Trinajstić information content (AvgIpc) is 2.76. The van der Waals surface area contributed by atoms with Gasteiger partial charge in [-0.05, 0) is 30.7 Å². The van der Waals surface area contributed by atoms with Crippen LogP contribution < -0.4 is 24.8 Å². The summed E-state index contributed by atoms with van der Waals surface area (Å²) in [5.41, 5.74) is 1.56. The normalized spacial score (nSPS) is 11.4. The van der Waals surface area contributed by atoms with E-state index < -0.39 is 6.61 Å². The van der Waals surface area contributed by atoms with Crippen LogP contribution >= 0.6 is 0 Å². The van der Waals surface area contributed by atoms with Crippen LogP contribution in [0.1, 0.15) is 18.1 Å². The zero-order chi connectivity index (χ0) is 22.5.